The van der Waals surface area contributed by atoms with Crippen molar-refractivity contribution in [3.05, 3.63) is 23.8 Å². The average molecular weight is 282 g/mol. The molecule has 0 amide bonds. The quantitative estimate of drug-likeness (QED) is 0.727. The van der Waals surface area contributed by atoms with E-state index in [9.17, 15) is 4.79 Å². The Morgan fingerprint density at radius 2 is 2.26 bits per heavy atom. The van der Waals surface area contributed by atoms with E-state index in [-0.39, 0.29) is 5.56 Å². The van der Waals surface area contributed by atoms with Crippen LogP contribution in [0.25, 0.3) is 0 Å². The normalized spacial score (nSPS) is 16.4. The van der Waals surface area contributed by atoms with Crippen molar-refractivity contribution in [3.8, 4) is 0 Å². The summed E-state index contributed by atoms with van der Waals surface area (Å²) in [5.74, 6) is 1.43. The number of hydrogen-bond acceptors (Lipinski definition) is 6. The van der Waals surface area contributed by atoms with E-state index in [0.29, 0.717) is 12.2 Å². The number of nitrogens with one attached hydrogen (secondary N) is 1. The Bertz CT molecular complexity index is 424. The van der Waals surface area contributed by atoms with Crippen LogP contribution in [0, 0.1) is 0 Å². The Balaban J connectivity index is 1.74. The molecule has 1 aliphatic heterocycles. The monoisotopic (exact) mass is 282 g/mol. The topological polar surface area (TPSA) is 78.3 Å². The van der Waals surface area contributed by atoms with E-state index in [1.807, 2.05) is 11.8 Å². The summed E-state index contributed by atoms with van der Waals surface area (Å²) in [5, 5.41) is 12.2. The molecule has 2 rings (SSSR count). The molecule has 0 atom stereocenters. The lowest BCUT2D eigenvalue weighted by Gasteiger charge is -2.26. The first-order valence-corrected chi connectivity index (χ1v) is 7.46. The number of thioether (sulfide) groups is 1. The number of aromatic nitrogens is 2. The van der Waals surface area contributed by atoms with Crippen molar-refractivity contribution in [1.29, 1.82) is 0 Å². The standard InChI is InChI=1S/C12H18N4O2S/c17-12(18)10-7-14-9-15-11(10)8-13-1-2-16-3-5-19-6-4-16/h7,9,13H,1-6,8H2,(H,17,18). The molecule has 104 valence electrons. The largest absolute Gasteiger partial charge is 0.478 e. The van der Waals surface area contributed by atoms with Crippen LogP contribution >= 0.6 is 11.8 Å². The van der Waals surface area contributed by atoms with Crippen LogP contribution in [0.4, 0.5) is 0 Å². The van der Waals surface area contributed by atoms with Gasteiger partial charge in [0, 0.05) is 50.4 Å². The first kappa shape index (κ1) is 14.2. The van der Waals surface area contributed by atoms with Crippen molar-refractivity contribution in [2.45, 2.75) is 6.54 Å². The van der Waals surface area contributed by atoms with Gasteiger partial charge in [-0.2, -0.15) is 11.8 Å². The predicted octanol–water partition coefficient (Wildman–Crippen LogP) is 0.313. The molecule has 0 unspecified atom stereocenters. The van der Waals surface area contributed by atoms with Crippen LogP contribution in [0.3, 0.4) is 0 Å². The highest BCUT2D eigenvalue weighted by molar-refractivity contribution is 7.99. The summed E-state index contributed by atoms with van der Waals surface area (Å²) in [7, 11) is 0. The molecule has 1 aliphatic rings. The van der Waals surface area contributed by atoms with Gasteiger partial charge in [-0.25, -0.2) is 14.8 Å². The molecule has 0 bridgehead atoms. The molecular weight excluding hydrogens is 264 g/mol. The summed E-state index contributed by atoms with van der Waals surface area (Å²) in [4.78, 5) is 21.2. The first-order valence-electron chi connectivity index (χ1n) is 6.30. The highest BCUT2D eigenvalue weighted by Gasteiger charge is 2.12. The summed E-state index contributed by atoms with van der Waals surface area (Å²) in [5.41, 5.74) is 0.709. The lowest BCUT2D eigenvalue weighted by atomic mass is 10.2. The Kier molecular flexibility index (Phi) is 5.56. The lowest BCUT2D eigenvalue weighted by molar-refractivity contribution is 0.0694. The summed E-state index contributed by atoms with van der Waals surface area (Å²) in [6.45, 7) is 4.58. The number of aromatic carboxylic acids is 1. The maximum atomic E-state index is 11.0. The van der Waals surface area contributed by atoms with Crippen LogP contribution in [0.1, 0.15) is 16.1 Å². The maximum Gasteiger partial charge on any atom is 0.339 e. The molecule has 0 aliphatic carbocycles. The van der Waals surface area contributed by atoms with Gasteiger partial charge < -0.3 is 15.3 Å². The molecule has 19 heavy (non-hydrogen) atoms. The molecule has 0 saturated carbocycles. The molecule has 1 aromatic heterocycles. The van der Waals surface area contributed by atoms with Gasteiger partial charge in [0.15, 0.2) is 0 Å². The second-order valence-corrected chi connectivity index (χ2v) is 5.54. The van der Waals surface area contributed by atoms with E-state index in [0.717, 1.165) is 26.2 Å². The fraction of sp³-hybridized carbons (Fsp3) is 0.583. The van der Waals surface area contributed by atoms with Gasteiger partial charge in [-0.05, 0) is 0 Å². The molecule has 2 N–H and O–H groups in total. The van der Waals surface area contributed by atoms with E-state index in [1.54, 1.807) is 0 Å². The smallest absolute Gasteiger partial charge is 0.339 e. The zero-order valence-corrected chi connectivity index (χ0v) is 11.5. The minimum atomic E-state index is -0.981. The van der Waals surface area contributed by atoms with Crippen molar-refractivity contribution in [2.24, 2.45) is 0 Å². The number of nitrogens with zero attached hydrogens (tertiary/aromatic N) is 3. The second-order valence-electron chi connectivity index (χ2n) is 4.32. The van der Waals surface area contributed by atoms with Crippen LogP contribution in [-0.4, -0.2) is 63.6 Å². The van der Waals surface area contributed by atoms with Gasteiger partial charge in [-0.1, -0.05) is 0 Å². The van der Waals surface area contributed by atoms with Crippen LogP contribution < -0.4 is 5.32 Å². The van der Waals surface area contributed by atoms with Gasteiger partial charge in [0.25, 0.3) is 0 Å². The SMILES string of the molecule is O=C(O)c1cncnc1CNCCN1CCSCC1. The second kappa shape index (κ2) is 7.42. The average Bonchev–Trinajstić information content (AvgIpc) is 2.45. The highest BCUT2D eigenvalue weighted by Crippen LogP contribution is 2.08. The van der Waals surface area contributed by atoms with Gasteiger partial charge in [-0.15, -0.1) is 0 Å². The molecule has 1 aromatic rings. The molecule has 1 fully saturated rings. The minimum absolute atomic E-state index is 0.171. The molecule has 0 spiro atoms. The van der Waals surface area contributed by atoms with Gasteiger partial charge >= 0.3 is 5.97 Å². The van der Waals surface area contributed by atoms with Gasteiger partial charge in [0.1, 0.15) is 11.9 Å². The molecule has 1 saturated heterocycles. The summed E-state index contributed by atoms with van der Waals surface area (Å²) in [6, 6.07) is 0. The number of carbonyl (C=O) groups is 1. The van der Waals surface area contributed by atoms with Gasteiger partial charge in [0.05, 0.1) is 5.69 Å². The Labute approximate surface area is 116 Å². The Morgan fingerprint density at radius 1 is 1.47 bits per heavy atom. The van der Waals surface area contributed by atoms with Crippen molar-refractivity contribution < 1.29 is 9.90 Å². The summed E-state index contributed by atoms with van der Waals surface area (Å²) in [6.07, 6.45) is 2.72. The Morgan fingerprint density at radius 3 is 3.00 bits per heavy atom. The minimum Gasteiger partial charge on any atom is -0.478 e. The lowest BCUT2D eigenvalue weighted by Crippen LogP contribution is -2.37. The molecule has 0 aromatic carbocycles. The van der Waals surface area contributed by atoms with Crippen molar-refractivity contribution in [1.82, 2.24) is 20.2 Å². The molecular formula is C12H18N4O2S. The van der Waals surface area contributed by atoms with E-state index in [2.05, 4.69) is 20.2 Å². The maximum absolute atomic E-state index is 11.0. The highest BCUT2D eigenvalue weighted by atomic mass is 32.2. The van der Waals surface area contributed by atoms with Crippen molar-refractivity contribution in [2.75, 3.05) is 37.7 Å². The third-order valence-electron chi connectivity index (χ3n) is 3.03. The van der Waals surface area contributed by atoms with E-state index >= 15 is 0 Å². The third-order valence-corrected chi connectivity index (χ3v) is 3.97. The number of carboxylic acid groups (broad SMARTS) is 1. The van der Waals surface area contributed by atoms with Gasteiger partial charge in [-0.3, -0.25) is 0 Å². The molecule has 2 heterocycles. The molecule has 0 radical (unpaired) electrons. The van der Waals surface area contributed by atoms with E-state index in [1.165, 1.54) is 24.0 Å². The number of hydrogen-bond donors (Lipinski definition) is 2. The van der Waals surface area contributed by atoms with Crippen LogP contribution in [-0.2, 0) is 6.54 Å². The molecule has 6 nitrogen and oxygen atoms in total. The van der Waals surface area contributed by atoms with Crippen molar-refractivity contribution in [3.63, 3.8) is 0 Å². The fourth-order valence-corrected chi connectivity index (χ4v) is 2.92. The van der Waals surface area contributed by atoms with E-state index in [4.69, 9.17) is 5.11 Å². The first-order chi connectivity index (χ1) is 9.27. The van der Waals surface area contributed by atoms with Crippen LogP contribution in [0.15, 0.2) is 12.5 Å². The summed E-state index contributed by atoms with van der Waals surface area (Å²) >= 11 is 2.00. The van der Waals surface area contributed by atoms with Crippen LogP contribution in [0.2, 0.25) is 0 Å². The molecule has 7 heteroatoms. The van der Waals surface area contributed by atoms with E-state index < -0.39 is 5.97 Å². The number of rotatable bonds is 6. The third kappa shape index (κ3) is 4.45. The zero-order chi connectivity index (χ0) is 13.5. The fourth-order valence-electron chi connectivity index (χ4n) is 1.94. The zero-order valence-electron chi connectivity index (χ0n) is 10.7. The number of carboxylic acids is 1. The summed E-state index contributed by atoms with van der Waals surface area (Å²) < 4.78 is 0. The van der Waals surface area contributed by atoms with Crippen LogP contribution in [0.5, 0.6) is 0 Å². The van der Waals surface area contributed by atoms with Crippen molar-refractivity contribution >= 4 is 17.7 Å². The Hall–Kier alpha value is -1.18. The van der Waals surface area contributed by atoms with Gasteiger partial charge in [0.2, 0.25) is 0 Å². The predicted molar refractivity (Wildman–Crippen MR) is 74.5 cm³/mol.